The van der Waals surface area contributed by atoms with Crippen molar-refractivity contribution >= 4 is 11.6 Å². The molecule has 0 saturated heterocycles. The van der Waals surface area contributed by atoms with Crippen LogP contribution in [0.5, 0.6) is 0 Å². The van der Waals surface area contributed by atoms with Crippen molar-refractivity contribution < 1.29 is 4.79 Å². The van der Waals surface area contributed by atoms with Gasteiger partial charge in [-0.25, -0.2) is 0 Å². The number of hydrogen-bond acceptors (Lipinski definition) is 2. The molecule has 0 aliphatic rings. The van der Waals surface area contributed by atoms with Crippen molar-refractivity contribution in [1.29, 1.82) is 0 Å². The second kappa shape index (κ2) is 7.75. The van der Waals surface area contributed by atoms with E-state index in [2.05, 4.69) is 12.2 Å². The first-order valence-corrected chi connectivity index (χ1v) is 6.80. The van der Waals surface area contributed by atoms with Crippen molar-refractivity contribution in [3.8, 4) is 0 Å². The second-order valence-electron chi connectivity index (χ2n) is 4.68. The van der Waals surface area contributed by atoms with Crippen molar-refractivity contribution in [2.24, 2.45) is 5.73 Å². The van der Waals surface area contributed by atoms with Gasteiger partial charge in [-0.3, -0.25) is 4.79 Å². The van der Waals surface area contributed by atoms with E-state index < -0.39 is 0 Å². The molecule has 0 aliphatic carbocycles. The van der Waals surface area contributed by atoms with Crippen LogP contribution in [-0.4, -0.2) is 12.5 Å². The average molecular weight is 248 g/mol. The fourth-order valence-corrected chi connectivity index (χ4v) is 2.05. The Kier molecular flexibility index (Phi) is 6.26. The van der Waals surface area contributed by atoms with E-state index >= 15 is 0 Å². The maximum absolute atomic E-state index is 11.2. The van der Waals surface area contributed by atoms with Crippen LogP contribution in [0.2, 0.25) is 0 Å². The minimum atomic E-state index is -0.362. The summed E-state index contributed by atoms with van der Waals surface area (Å²) in [5, 5.41) is 3.38. The van der Waals surface area contributed by atoms with E-state index in [0.29, 0.717) is 5.56 Å². The van der Waals surface area contributed by atoms with Crippen LogP contribution < -0.4 is 11.1 Å². The van der Waals surface area contributed by atoms with Crippen LogP contribution in [0.4, 0.5) is 5.69 Å². The maximum atomic E-state index is 11.2. The summed E-state index contributed by atoms with van der Waals surface area (Å²) in [7, 11) is 0. The van der Waals surface area contributed by atoms with E-state index in [1.165, 1.54) is 32.1 Å². The number of primary amides is 1. The number of hydrogen-bond donors (Lipinski definition) is 2. The molecule has 0 unspecified atom stereocenters. The summed E-state index contributed by atoms with van der Waals surface area (Å²) in [5.41, 5.74) is 7.89. The first kappa shape index (κ1) is 14.6. The first-order chi connectivity index (χ1) is 8.66. The van der Waals surface area contributed by atoms with Gasteiger partial charge in [-0.2, -0.15) is 0 Å². The molecule has 1 amide bonds. The van der Waals surface area contributed by atoms with Crippen molar-refractivity contribution in [2.75, 3.05) is 11.9 Å². The topological polar surface area (TPSA) is 55.1 Å². The molecule has 0 radical (unpaired) electrons. The molecule has 0 heterocycles. The number of carbonyl (C=O) groups is 1. The second-order valence-corrected chi connectivity index (χ2v) is 4.68. The largest absolute Gasteiger partial charge is 0.385 e. The Bertz CT molecular complexity index is 388. The Balaban J connectivity index is 2.43. The number of nitrogens with two attached hydrogens (primary N) is 1. The van der Waals surface area contributed by atoms with Crippen molar-refractivity contribution in [2.45, 2.75) is 46.0 Å². The number of unbranched alkanes of at least 4 members (excludes halogenated alkanes) is 4. The first-order valence-electron chi connectivity index (χ1n) is 6.80. The number of anilines is 1. The summed E-state index contributed by atoms with van der Waals surface area (Å²) in [6, 6.07) is 5.63. The Morgan fingerprint density at radius 3 is 2.61 bits per heavy atom. The third kappa shape index (κ3) is 4.40. The lowest BCUT2D eigenvalue weighted by Gasteiger charge is -2.11. The number of carbonyl (C=O) groups excluding carboxylic acids is 1. The van der Waals surface area contributed by atoms with E-state index in [0.717, 1.165) is 17.8 Å². The van der Waals surface area contributed by atoms with Crippen LogP contribution in [0.15, 0.2) is 18.2 Å². The summed E-state index contributed by atoms with van der Waals surface area (Å²) >= 11 is 0. The van der Waals surface area contributed by atoms with E-state index in [4.69, 9.17) is 5.73 Å². The Hall–Kier alpha value is -1.51. The highest BCUT2D eigenvalue weighted by Crippen LogP contribution is 2.18. The van der Waals surface area contributed by atoms with Crippen LogP contribution in [-0.2, 0) is 0 Å². The van der Waals surface area contributed by atoms with Gasteiger partial charge in [0.1, 0.15) is 0 Å². The lowest BCUT2D eigenvalue weighted by molar-refractivity contribution is 0.1000. The molecule has 100 valence electrons. The standard InChI is InChI=1S/C15H24N2O/c1-3-4-5-6-7-11-17-14-10-8-9-13(12(14)2)15(16)18/h8-10,17H,3-7,11H2,1-2H3,(H2,16,18). The van der Waals surface area contributed by atoms with E-state index in [-0.39, 0.29) is 5.91 Å². The molecular formula is C15H24N2O. The van der Waals surface area contributed by atoms with Gasteiger partial charge in [0.15, 0.2) is 0 Å². The monoisotopic (exact) mass is 248 g/mol. The van der Waals surface area contributed by atoms with Crippen LogP contribution in [0.1, 0.15) is 54.9 Å². The predicted molar refractivity (Wildman–Crippen MR) is 76.9 cm³/mol. The molecule has 0 bridgehead atoms. The zero-order chi connectivity index (χ0) is 13.4. The van der Waals surface area contributed by atoms with Crippen molar-refractivity contribution in [3.05, 3.63) is 29.3 Å². The number of amides is 1. The van der Waals surface area contributed by atoms with E-state index in [1.807, 2.05) is 19.1 Å². The zero-order valence-corrected chi connectivity index (χ0v) is 11.5. The van der Waals surface area contributed by atoms with E-state index in [1.54, 1.807) is 6.07 Å². The fraction of sp³-hybridized carbons (Fsp3) is 0.533. The fourth-order valence-electron chi connectivity index (χ4n) is 2.05. The van der Waals surface area contributed by atoms with Gasteiger partial charge in [0.2, 0.25) is 5.91 Å². The molecule has 1 rings (SSSR count). The molecule has 3 nitrogen and oxygen atoms in total. The molecule has 18 heavy (non-hydrogen) atoms. The molecule has 3 N–H and O–H groups in total. The number of rotatable bonds is 8. The average Bonchev–Trinajstić information content (AvgIpc) is 2.35. The SMILES string of the molecule is CCCCCCCNc1cccc(C(N)=O)c1C. The molecule has 3 heteroatoms. The van der Waals surface area contributed by atoms with Gasteiger partial charge in [0, 0.05) is 17.8 Å². The van der Waals surface area contributed by atoms with Crippen molar-refractivity contribution in [1.82, 2.24) is 0 Å². The summed E-state index contributed by atoms with van der Waals surface area (Å²) in [4.78, 5) is 11.2. The highest BCUT2D eigenvalue weighted by atomic mass is 16.1. The number of nitrogens with one attached hydrogen (secondary N) is 1. The lowest BCUT2D eigenvalue weighted by atomic mass is 10.1. The molecule has 0 fully saturated rings. The molecule has 1 aromatic rings. The van der Waals surface area contributed by atoms with Crippen molar-refractivity contribution in [3.63, 3.8) is 0 Å². The molecular weight excluding hydrogens is 224 g/mol. The van der Waals surface area contributed by atoms with Crippen LogP contribution in [0, 0.1) is 6.92 Å². The lowest BCUT2D eigenvalue weighted by Crippen LogP contribution is -2.14. The van der Waals surface area contributed by atoms with Gasteiger partial charge >= 0.3 is 0 Å². The summed E-state index contributed by atoms with van der Waals surface area (Å²) in [5.74, 6) is -0.362. The normalized spacial score (nSPS) is 10.3. The Labute approximate surface area is 110 Å². The molecule has 0 atom stereocenters. The van der Waals surface area contributed by atoms with Gasteiger partial charge in [-0.15, -0.1) is 0 Å². The molecule has 0 aromatic heterocycles. The van der Waals surface area contributed by atoms with Gasteiger partial charge in [-0.1, -0.05) is 38.7 Å². The molecule has 1 aromatic carbocycles. The summed E-state index contributed by atoms with van der Waals surface area (Å²) in [6.07, 6.45) is 6.32. The third-order valence-corrected chi connectivity index (χ3v) is 3.20. The molecule has 0 saturated carbocycles. The minimum absolute atomic E-state index is 0.362. The highest BCUT2D eigenvalue weighted by Gasteiger charge is 2.07. The van der Waals surface area contributed by atoms with Crippen LogP contribution in [0.3, 0.4) is 0 Å². The Morgan fingerprint density at radius 1 is 1.22 bits per heavy atom. The maximum Gasteiger partial charge on any atom is 0.249 e. The van der Waals surface area contributed by atoms with Gasteiger partial charge in [0.05, 0.1) is 0 Å². The van der Waals surface area contributed by atoms with Gasteiger partial charge in [-0.05, 0) is 31.0 Å². The van der Waals surface area contributed by atoms with Crippen LogP contribution >= 0.6 is 0 Å². The van der Waals surface area contributed by atoms with Crippen LogP contribution in [0.25, 0.3) is 0 Å². The third-order valence-electron chi connectivity index (χ3n) is 3.20. The predicted octanol–water partition coefficient (Wildman–Crippen LogP) is 3.48. The zero-order valence-electron chi connectivity index (χ0n) is 11.5. The molecule has 0 aliphatic heterocycles. The van der Waals surface area contributed by atoms with Gasteiger partial charge in [0.25, 0.3) is 0 Å². The Morgan fingerprint density at radius 2 is 1.94 bits per heavy atom. The quantitative estimate of drug-likeness (QED) is 0.692. The summed E-state index contributed by atoms with van der Waals surface area (Å²) in [6.45, 7) is 5.10. The summed E-state index contributed by atoms with van der Waals surface area (Å²) < 4.78 is 0. The minimum Gasteiger partial charge on any atom is -0.385 e. The highest BCUT2D eigenvalue weighted by molar-refractivity contribution is 5.95. The number of benzene rings is 1. The molecule has 0 spiro atoms. The van der Waals surface area contributed by atoms with Gasteiger partial charge < -0.3 is 11.1 Å². The van der Waals surface area contributed by atoms with E-state index in [9.17, 15) is 4.79 Å². The smallest absolute Gasteiger partial charge is 0.249 e.